The summed E-state index contributed by atoms with van der Waals surface area (Å²) in [6, 6.07) is 9.53. The van der Waals surface area contributed by atoms with E-state index in [0.717, 1.165) is 12.3 Å². The Hall–Kier alpha value is -1.02. The van der Waals surface area contributed by atoms with Crippen LogP contribution < -0.4 is 10.1 Å². The van der Waals surface area contributed by atoms with Crippen molar-refractivity contribution < 1.29 is 4.74 Å². The number of rotatable bonds is 5. The summed E-state index contributed by atoms with van der Waals surface area (Å²) in [4.78, 5) is 0. The first kappa shape index (κ1) is 13.0. The molecular weight excluding hydrogens is 234 g/mol. The average molecular weight is 259 g/mol. The Bertz CT molecular complexity index is 394. The molecular formula is C17H25NO. The lowest BCUT2D eigenvalue weighted by Gasteiger charge is -2.32. The van der Waals surface area contributed by atoms with Crippen LogP contribution >= 0.6 is 0 Å². The van der Waals surface area contributed by atoms with E-state index in [2.05, 4.69) is 36.5 Å². The van der Waals surface area contributed by atoms with Crippen LogP contribution in [0.2, 0.25) is 0 Å². The summed E-state index contributed by atoms with van der Waals surface area (Å²) in [7, 11) is 0. The first-order chi connectivity index (χ1) is 9.36. The minimum atomic E-state index is 0.495. The normalized spacial score (nSPS) is 27.2. The van der Waals surface area contributed by atoms with E-state index in [-0.39, 0.29) is 0 Å². The third-order valence-electron chi connectivity index (χ3n) is 4.37. The Morgan fingerprint density at radius 2 is 1.79 bits per heavy atom. The second kappa shape index (κ2) is 5.96. The van der Waals surface area contributed by atoms with E-state index >= 15 is 0 Å². The van der Waals surface area contributed by atoms with Gasteiger partial charge in [0.1, 0.15) is 5.75 Å². The van der Waals surface area contributed by atoms with E-state index in [9.17, 15) is 0 Å². The largest absolute Gasteiger partial charge is 0.490 e. The average Bonchev–Trinajstić information content (AvgIpc) is 3.25. The lowest BCUT2D eigenvalue weighted by atomic mass is 9.80. The second-order valence-corrected chi connectivity index (χ2v) is 5.94. The van der Waals surface area contributed by atoms with E-state index in [1.807, 2.05) is 0 Å². The molecule has 0 amide bonds. The molecule has 0 radical (unpaired) electrons. The van der Waals surface area contributed by atoms with Gasteiger partial charge in [-0.2, -0.15) is 0 Å². The van der Waals surface area contributed by atoms with Crippen molar-refractivity contribution in [1.29, 1.82) is 0 Å². The molecule has 2 aliphatic carbocycles. The molecule has 1 N–H and O–H groups in total. The van der Waals surface area contributed by atoms with E-state index in [4.69, 9.17) is 4.74 Å². The predicted molar refractivity (Wildman–Crippen MR) is 78.8 cm³/mol. The zero-order valence-corrected chi connectivity index (χ0v) is 11.9. The number of hydrogen-bond donors (Lipinski definition) is 1. The molecule has 0 bridgehead atoms. The van der Waals surface area contributed by atoms with Crippen molar-refractivity contribution in [3.05, 3.63) is 29.8 Å². The fourth-order valence-electron chi connectivity index (χ4n) is 3.21. The van der Waals surface area contributed by atoms with Gasteiger partial charge < -0.3 is 10.1 Å². The first-order valence-corrected chi connectivity index (χ1v) is 7.87. The molecule has 3 rings (SSSR count). The lowest BCUT2D eigenvalue weighted by Crippen LogP contribution is -2.37. The molecule has 0 spiro atoms. The molecule has 2 fully saturated rings. The Labute approximate surface area is 116 Å². The molecule has 1 aromatic rings. The fraction of sp³-hybridized carbons (Fsp3) is 0.647. The number of ether oxygens (including phenoxy) is 1. The van der Waals surface area contributed by atoms with Crippen molar-refractivity contribution in [2.75, 3.05) is 6.54 Å². The Kier molecular flexibility index (Phi) is 4.07. The smallest absolute Gasteiger partial charge is 0.119 e. The van der Waals surface area contributed by atoms with Gasteiger partial charge >= 0.3 is 0 Å². The third kappa shape index (κ3) is 3.30. The number of benzene rings is 1. The van der Waals surface area contributed by atoms with Gasteiger partial charge in [-0.15, -0.1) is 0 Å². The minimum absolute atomic E-state index is 0.495. The van der Waals surface area contributed by atoms with Crippen LogP contribution in [0.3, 0.4) is 0 Å². The van der Waals surface area contributed by atoms with Crippen molar-refractivity contribution in [1.82, 2.24) is 5.32 Å². The standard InChI is InChI=1S/C17H25NO/c1-2-18-17-6-4-3-5-16(17)13-7-9-14(10-8-13)19-15-11-12-15/h7-10,15-18H,2-6,11-12H2,1H3. The molecule has 1 aromatic carbocycles. The van der Waals surface area contributed by atoms with Crippen LogP contribution in [0.5, 0.6) is 5.75 Å². The maximum absolute atomic E-state index is 5.83. The second-order valence-electron chi connectivity index (χ2n) is 5.94. The van der Waals surface area contributed by atoms with Crippen LogP contribution in [-0.4, -0.2) is 18.7 Å². The van der Waals surface area contributed by atoms with E-state index in [1.54, 1.807) is 0 Å². The van der Waals surface area contributed by atoms with Crippen molar-refractivity contribution in [2.45, 2.75) is 63.5 Å². The molecule has 2 saturated carbocycles. The fourth-order valence-corrected chi connectivity index (χ4v) is 3.21. The maximum Gasteiger partial charge on any atom is 0.119 e. The van der Waals surface area contributed by atoms with Gasteiger partial charge in [-0.25, -0.2) is 0 Å². The van der Waals surface area contributed by atoms with Gasteiger partial charge in [0.2, 0.25) is 0 Å². The molecule has 2 aliphatic rings. The van der Waals surface area contributed by atoms with Gasteiger partial charge in [-0.05, 0) is 55.8 Å². The predicted octanol–water partition coefficient (Wildman–Crippen LogP) is 3.86. The lowest BCUT2D eigenvalue weighted by molar-refractivity contribution is 0.302. The first-order valence-electron chi connectivity index (χ1n) is 7.87. The molecule has 0 aromatic heterocycles. The van der Waals surface area contributed by atoms with Crippen molar-refractivity contribution >= 4 is 0 Å². The highest BCUT2D eigenvalue weighted by molar-refractivity contribution is 5.31. The molecule has 0 aliphatic heterocycles. The summed E-state index contributed by atoms with van der Waals surface area (Å²) in [6.07, 6.45) is 8.33. The number of hydrogen-bond acceptors (Lipinski definition) is 2. The molecule has 2 nitrogen and oxygen atoms in total. The topological polar surface area (TPSA) is 21.3 Å². The Morgan fingerprint density at radius 1 is 1.05 bits per heavy atom. The SMILES string of the molecule is CCNC1CCCCC1c1ccc(OC2CC2)cc1. The summed E-state index contributed by atoms with van der Waals surface area (Å²) < 4.78 is 5.83. The van der Waals surface area contributed by atoms with E-state index in [0.29, 0.717) is 18.1 Å². The number of nitrogens with one attached hydrogen (secondary N) is 1. The molecule has 104 valence electrons. The summed E-state index contributed by atoms with van der Waals surface area (Å²) in [5.74, 6) is 1.73. The molecule has 2 heteroatoms. The third-order valence-corrected chi connectivity index (χ3v) is 4.37. The van der Waals surface area contributed by atoms with Crippen molar-refractivity contribution in [3.63, 3.8) is 0 Å². The van der Waals surface area contributed by atoms with Gasteiger partial charge in [0.05, 0.1) is 6.10 Å². The summed E-state index contributed by atoms with van der Waals surface area (Å²) >= 11 is 0. The van der Waals surface area contributed by atoms with Gasteiger partial charge in [-0.1, -0.05) is 31.9 Å². The molecule has 2 unspecified atom stereocenters. The van der Waals surface area contributed by atoms with E-state index in [1.165, 1.54) is 44.1 Å². The van der Waals surface area contributed by atoms with Crippen LogP contribution in [0, 0.1) is 0 Å². The molecule has 0 heterocycles. The van der Waals surface area contributed by atoms with E-state index < -0.39 is 0 Å². The summed E-state index contributed by atoms with van der Waals surface area (Å²) in [6.45, 7) is 3.28. The highest BCUT2D eigenvalue weighted by Crippen LogP contribution is 2.34. The van der Waals surface area contributed by atoms with Gasteiger partial charge in [0.15, 0.2) is 0 Å². The van der Waals surface area contributed by atoms with Crippen molar-refractivity contribution in [3.8, 4) is 5.75 Å². The quantitative estimate of drug-likeness (QED) is 0.867. The van der Waals surface area contributed by atoms with Crippen LogP contribution in [-0.2, 0) is 0 Å². The Balaban J connectivity index is 1.68. The van der Waals surface area contributed by atoms with Gasteiger partial charge in [0, 0.05) is 6.04 Å². The molecule has 0 saturated heterocycles. The minimum Gasteiger partial charge on any atom is -0.490 e. The molecule has 2 atom stereocenters. The van der Waals surface area contributed by atoms with Crippen LogP contribution in [0.1, 0.15) is 56.9 Å². The Morgan fingerprint density at radius 3 is 2.47 bits per heavy atom. The van der Waals surface area contributed by atoms with Gasteiger partial charge in [-0.3, -0.25) is 0 Å². The zero-order valence-electron chi connectivity index (χ0n) is 11.9. The van der Waals surface area contributed by atoms with Gasteiger partial charge in [0.25, 0.3) is 0 Å². The van der Waals surface area contributed by atoms with Crippen LogP contribution in [0.4, 0.5) is 0 Å². The van der Waals surface area contributed by atoms with Crippen molar-refractivity contribution in [2.24, 2.45) is 0 Å². The summed E-state index contributed by atoms with van der Waals surface area (Å²) in [5.41, 5.74) is 1.48. The monoisotopic (exact) mass is 259 g/mol. The highest BCUT2D eigenvalue weighted by atomic mass is 16.5. The van der Waals surface area contributed by atoms with Crippen LogP contribution in [0.25, 0.3) is 0 Å². The van der Waals surface area contributed by atoms with Crippen LogP contribution in [0.15, 0.2) is 24.3 Å². The number of likely N-dealkylation sites (N-methyl/N-ethyl adjacent to an activating group) is 1. The maximum atomic E-state index is 5.83. The summed E-state index contributed by atoms with van der Waals surface area (Å²) in [5, 5.41) is 3.66. The highest BCUT2D eigenvalue weighted by Gasteiger charge is 2.26. The molecule has 19 heavy (non-hydrogen) atoms. The zero-order chi connectivity index (χ0) is 13.1.